The lowest BCUT2D eigenvalue weighted by Crippen LogP contribution is -2.73. The van der Waals surface area contributed by atoms with Gasteiger partial charge in [-0.2, -0.15) is 0 Å². The van der Waals surface area contributed by atoms with E-state index >= 15 is 0 Å². The van der Waals surface area contributed by atoms with Crippen molar-refractivity contribution in [3.63, 3.8) is 0 Å². The van der Waals surface area contributed by atoms with Crippen LogP contribution in [0.1, 0.15) is 28.0 Å². The van der Waals surface area contributed by atoms with Crippen LogP contribution >= 0.6 is 15.9 Å². The van der Waals surface area contributed by atoms with Crippen molar-refractivity contribution >= 4 is 27.4 Å². The number of allylic oxidation sites excluding steroid dienone is 1. The minimum absolute atomic E-state index is 0.0746. The van der Waals surface area contributed by atoms with E-state index in [1.165, 1.54) is 0 Å². The molecule has 7 heteroatoms. The van der Waals surface area contributed by atoms with Crippen molar-refractivity contribution in [2.75, 3.05) is 13.1 Å². The van der Waals surface area contributed by atoms with E-state index in [-0.39, 0.29) is 16.7 Å². The Hall–Kier alpha value is -1.41. The first kappa shape index (κ1) is 14.7. The third-order valence-electron chi connectivity index (χ3n) is 6.78. The second-order valence-electron chi connectivity index (χ2n) is 7.72. The average molecular weight is 404 g/mol. The van der Waals surface area contributed by atoms with Gasteiger partial charge in [-0.1, -0.05) is 28.1 Å². The van der Waals surface area contributed by atoms with E-state index in [4.69, 9.17) is 0 Å². The molecule has 1 spiro atoms. The Morgan fingerprint density at radius 3 is 3.08 bits per heavy atom. The van der Waals surface area contributed by atoms with Crippen molar-refractivity contribution in [3.8, 4) is 0 Å². The predicted molar refractivity (Wildman–Crippen MR) is 94.1 cm³/mol. The van der Waals surface area contributed by atoms with Crippen molar-refractivity contribution in [2.24, 2.45) is 5.41 Å². The Bertz CT molecular complexity index is 905. The lowest BCUT2D eigenvalue weighted by molar-refractivity contribution is -0.165. The fourth-order valence-electron chi connectivity index (χ4n) is 5.65. The lowest BCUT2D eigenvalue weighted by Gasteiger charge is -2.63. The average Bonchev–Trinajstić information content (AvgIpc) is 3.05. The maximum atomic E-state index is 13.1. The number of carbonyl (C=O) groups excluding carboxylic acids is 1. The third kappa shape index (κ3) is 1.37. The quantitative estimate of drug-likeness (QED) is 0.374. The highest BCUT2D eigenvalue weighted by atomic mass is 79.9. The maximum Gasteiger partial charge on any atom is 0.200 e. The number of aliphatic hydroxyl groups is 2. The van der Waals surface area contributed by atoms with Gasteiger partial charge in [-0.15, -0.1) is 0 Å². The van der Waals surface area contributed by atoms with Crippen LogP contribution in [0.15, 0.2) is 23.9 Å². The number of H-pyrrole nitrogens is 1. The zero-order valence-electron chi connectivity index (χ0n) is 13.4. The number of ketones is 1. The van der Waals surface area contributed by atoms with Gasteiger partial charge in [0, 0.05) is 23.7 Å². The number of nitrogens with zero attached hydrogens (tertiary/aromatic N) is 1. The van der Waals surface area contributed by atoms with E-state index in [2.05, 4.69) is 26.2 Å². The van der Waals surface area contributed by atoms with Gasteiger partial charge >= 0.3 is 0 Å². The molecule has 1 fully saturated rings. The molecule has 4 N–H and O–H groups in total. The van der Waals surface area contributed by atoms with Crippen LogP contribution < -0.4 is 5.32 Å². The van der Waals surface area contributed by atoms with Gasteiger partial charge in [-0.25, -0.2) is 0 Å². The highest BCUT2D eigenvalue weighted by Crippen LogP contribution is 2.62. The zero-order valence-corrected chi connectivity index (χ0v) is 15.0. The zero-order chi connectivity index (χ0) is 17.1. The van der Waals surface area contributed by atoms with Crippen molar-refractivity contribution in [3.05, 3.63) is 40.7 Å². The van der Waals surface area contributed by atoms with Crippen LogP contribution in [0, 0.1) is 5.41 Å². The number of Topliss-reactive ketones (excluding diaryl/α,β-unsaturated/α-hetero) is 1. The van der Waals surface area contributed by atoms with E-state index in [1.54, 1.807) is 6.08 Å². The van der Waals surface area contributed by atoms with Gasteiger partial charge in [0.25, 0.3) is 0 Å². The molecule has 5 unspecified atom stereocenters. The largest absolute Gasteiger partial charge is 0.384 e. The molecule has 130 valence electrons. The SMILES string of the molecule is O=C1c2[nH]cc3c2C2=C4C1NCCC41C=CC(O)C(O)(C1Br)N2CC3. The summed E-state index contributed by atoms with van der Waals surface area (Å²) in [6.45, 7) is 1.30. The number of alkyl halides is 1. The summed E-state index contributed by atoms with van der Waals surface area (Å²) in [5.41, 5.74) is 2.78. The molecule has 2 aliphatic carbocycles. The Morgan fingerprint density at radius 1 is 1.40 bits per heavy atom. The summed E-state index contributed by atoms with van der Waals surface area (Å²) < 4.78 is 0. The molecule has 6 nitrogen and oxygen atoms in total. The van der Waals surface area contributed by atoms with Crippen LogP contribution in [0.4, 0.5) is 0 Å². The molecular formula is C18H18BrN3O3. The van der Waals surface area contributed by atoms with Gasteiger partial charge in [0.2, 0.25) is 5.78 Å². The predicted octanol–water partition coefficient (Wildman–Crippen LogP) is 0.525. The first-order valence-electron chi connectivity index (χ1n) is 8.74. The topological polar surface area (TPSA) is 88.6 Å². The second kappa shape index (κ2) is 4.28. The summed E-state index contributed by atoms with van der Waals surface area (Å²) in [6.07, 6.45) is 6.17. The Morgan fingerprint density at radius 2 is 2.24 bits per heavy atom. The third-order valence-corrected chi connectivity index (χ3v) is 8.27. The number of hydrogen-bond acceptors (Lipinski definition) is 5. The van der Waals surface area contributed by atoms with Crippen LogP contribution in [0.3, 0.4) is 0 Å². The van der Waals surface area contributed by atoms with E-state index < -0.39 is 17.2 Å². The highest BCUT2D eigenvalue weighted by Gasteiger charge is 2.67. The summed E-state index contributed by atoms with van der Waals surface area (Å²) in [4.78, 5) is 17.9. The summed E-state index contributed by atoms with van der Waals surface area (Å²) >= 11 is 3.74. The number of aromatic amines is 1. The highest BCUT2D eigenvalue weighted by molar-refractivity contribution is 9.09. The number of fused-ring (bicyclic) bond motifs is 2. The van der Waals surface area contributed by atoms with Gasteiger partial charge in [0.1, 0.15) is 6.10 Å². The molecule has 25 heavy (non-hydrogen) atoms. The summed E-state index contributed by atoms with van der Waals surface area (Å²) in [6, 6.07) is -0.382. The van der Waals surface area contributed by atoms with E-state index in [1.807, 2.05) is 17.2 Å². The molecule has 0 radical (unpaired) electrons. The first-order chi connectivity index (χ1) is 12.0. The summed E-state index contributed by atoms with van der Waals surface area (Å²) in [5.74, 6) is 0.0746. The number of halogens is 1. The molecule has 5 aliphatic rings. The molecule has 4 heterocycles. The fourth-order valence-corrected chi connectivity index (χ4v) is 6.79. The lowest BCUT2D eigenvalue weighted by atomic mass is 9.57. The minimum atomic E-state index is -1.41. The van der Waals surface area contributed by atoms with E-state index in [0.717, 1.165) is 35.2 Å². The molecular weight excluding hydrogens is 386 g/mol. The minimum Gasteiger partial charge on any atom is -0.384 e. The maximum absolute atomic E-state index is 13.1. The van der Waals surface area contributed by atoms with Gasteiger partial charge < -0.3 is 25.4 Å². The molecule has 2 bridgehead atoms. The molecule has 0 aromatic carbocycles. The number of hydrogen-bond donors (Lipinski definition) is 4. The van der Waals surface area contributed by atoms with Crippen molar-refractivity contribution in [2.45, 2.75) is 35.5 Å². The molecule has 5 atom stereocenters. The van der Waals surface area contributed by atoms with Crippen molar-refractivity contribution < 1.29 is 15.0 Å². The molecule has 3 aliphatic heterocycles. The van der Waals surface area contributed by atoms with Crippen molar-refractivity contribution in [1.29, 1.82) is 0 Å². The van der Waals surface area contributed by atoms with Gasteiger partial charge in [0.15, 0.2) is 5.72 Å². The summed E-state index contributed by atoms with van der Waals surface area (Å²) in [5, 5.41) is 25.7. The first-order valence-corrected chi connectivity index (χ1v) is 9.66. The van der Waals surface area contributed by atoms with Crippen LogP contribution in [-0.2, 0) is 6.42 Å². The normalized spacial score (nSPS) is 43.4. The van der Waals surface area contributed by atoms with Crippen LogP contribution in [0.2, 0.25) is 0 Å². The number of nitrogens with one attached hydrogen (secondary N) is 2. The van der Waals surface area contributed by atoms with Crippen molar-refractivity contribution in [1.82, 2.24) is 15.2 Å². The molecule has 0 amide bonds. The smallest absolute Gasteiger partial charge is 0.200 e. The molecule has 1 aromatic rings. The Labute approximate surface area is 152 Å². The van der Waals surface area contributed by atoms with E-state index in [9.17, 15) is 15.0 Å². The Kier molecular flexibility index (Phi) is 2.52. The standard InChI is InChI=1S/C18H18BrN3O3/c19-16-17-3-1-9(23)18(16,25)22-6-2-8-7-21-12-10(8)14(22)11(17)13(15(12)24)20-5-4-17/h1,3,7,9,13,16,20-21,23,25H,2,4-6H2. The second-order valence-corrected chi connectivity index (χ2v) is 8.63. The monoisotopic (exact) mass is 403 g/mol. The molecule has 0 saturated carbocycles. The van der Waals surface area contributed by atoms with E-state index in [0.29, 0.717) is 18.8 Å². The number of carbonyl (C=O) groups is 1. The number of rotatable bonds is 0. The molecule has 1 saturated heterocycles. The number of piperidine rings is 1. The van der Waals surface area contributed by atoms with Gasteiger partial charge in [-0.3, -0.25) is 4.79 Å². The van der Waals surface area contributed by atoms with Gasteiger partial charge in [-0.05, 0) is 30.5 Å². The number of aromatic nitrogens is 1. The van der Waals surface area contributed by atoms with Crippen LogP contribution in [0.5, 0.6) is 0 Å². The van der Waals surface area contributed by atoms with Crippen LogP contribution in [-0.4, -0.2) is 61.7 Å². The number of aliphatic hydroxyl groups excluding tert-OH is 1. The van der Waals surface area contributed by atoms with Crippen LogP contribution in [0.25, 0.3) is 5.70 Å². The Balaban J connectivity index is 1.77. The molecule has 1 aromatic heterocycles. The fraction of sp³-hybridized carbons (Fsp3) is 0.500. The van der Waals surface area contributed by atoms with Gasteiger partial charge in [0.05, 0.1) is 22.3 Å². The summed E-state index contributed by atoms with van der Waals surface area (Å²) in [7, 11) is 0. The molecule has 6 rings (SSSR count).